The Morgan fingerprint density at radius 2 is 0.868 bits per heavy atom. The van der Waals surface area contributed by atoms with Crippen LogP contribution in [0.3, 0.4) is 0 Å². The molecule has 9 heteroatoms. The molecule has 0 aromatic rings. The smallest absolute Gasteiger partial charge is 0.221 e. The second-order valence-electron chi connectivity index (χ2n) is 10.2. The third kappa shape index (κ3) is 25.9. The van der Waals surface area contributed by atoms with Crippen molar-refractivity contribution in [3.63, 3.8) is 0 Å². The fourth-order valence-corrected chi connectivity index (χ4v) is 4.34. The Bertz CT molecular complexity index is 553. The number of carbonyl (C=O) groups is 3. The maximum absolute atomic E-state index is 12.2. The van der Waals surface area contributed by atoms with E-state index in [-0.39, 0.29) is 56.9 Å². The summed E-state index contributed by atoms with van der Waals surface area (Å²) in [5.41, 5.74) is 0. The van der Waals surface area contributed by atoms with Crippen LogP contribution in [0.4, 0.5) is 0 Å². The van der Waals surface area contributed by atoms with Gasteiger partial charge in [-0.05, 0) is 6.42 Å². The van der Waals surface area contributed by atoms with Gasteiger partial charge in [0.25, 0.3) is 0 Å². The number of nitrogens with zero attached hydrogens (tertiary/aromatic N) is 1. The van der Waals surface area contributed by atoms with Crippen molar-refractivity contribution in [2.45, 2.75) is 116 Å². The molecule has 0 radical (unpaired) electrons. The van der Waals surface area contributed by atoms with Gasteiger partial charge in [0.15, 0.2) is 0 Å². The molecule has 0 spiro atoms. The predicted molar refractivity (Wildman–Crippen MR) is 154 cm³/mol. The highest BCUT2D eigenvalue weighted by atomic mass is 16.3. The second-order valence-corrected chi connectivity index (χ2v) is 10.2. The van der Waals surface area contributed by atoms with Crippen LogP contribution in [-0.4, -0.2) is 85.3 Å². The standard InChI is InChI=1S/C29H58N4O5/c1-2-3-4-5-6-7-8-9-10-11-12-13-14-15-16-27(36)30-19-24-33(22-17-28(37)31-20-25-34)23-18-29(38)32-21-26-35/h34-35H,2-26H2,1H3,(H,30,36)(H,31,37)(H,32,38). The molecule has 38 heavy (non-hydrogen) atoms. The van der Waals surface area contributed by atoms with E-state index in [1.165, 1.54) is 77.0 Å². The van der Waals surface area contributed by atoms with E-state index in [1.807, 2.05) is 4.90 Å². The molecule has 0 bridgehead atoms. The first-order valence-electron chi connectivity index (χ1n) is 15.3. The lowest BCUT2D eigenvalue weighted by Crippen LogP contribution is -2.39. The molecule has 5 N–H and O–H groups in total. The lowest BCUT2D eigenvalue weighted by atomic mass is 10.0. The Labute approximate surface area is 231 Å². The summed E-state index contributed by atoms with van der Waals surface area (Å²) in [5.74, 6) is -0.267. The molecule has 0 fully saturated rings. The van der Waals surface area contributed by atoms with E-state index in [4.69, 9.17) is 10.2 Å². The molecular weight excluding hydrogens is 484 g/mol. The van der Waals surface area contributed by atoms with Gasteiger partial charge in [0.2, 0.25) is 17.7 Å². The Balaban J connectivity index is 3.89. The lowest BCUT2D eigenvalue weighted by molar-refractivity contribution is -0.123. The second kappa shape index (κ2) is 28.3. The third-order valence-corrected chi connectivity index (χ3v) is 6.69. The summed E-state index contributed by atoms with van der Waals surface area (Å²) < 4.78 is 0. The van der Waals surface area contributed by atoms with Gasteiger partial charge in [0.1, 0.15) is 0 Å². The number of hydrogen-bond donors (Lipinski definition) is 5. The lowest BCUT2D eigenvalue weighted by Gasteiger charge is -2.22. The van der Waals surface area contributed by atoms with Crippen LogP contribution in [0.15, 0.2) is 0 Å². The average Bonchev–Trinajstić information content (AvgIpc) is 2.91. The number of carbonyl (C=O) groups excluding carboxylic acids is 3. The van der Waals surface area contributed by atoms with Crippen molar-refractivity contribution >= 4 is 17.7 Å². The minimum Gasteiger partial charge on any atom is -0.395 e. The molecule has 0 aromatic carbocycles. The predicted octanol–water partition coefficient (Wildman–Crippen LogP) is 3.27. The number of rotatable bonds is 28. The van der Waals surface area contributed by atoms with Crippen LogP contribution in [0.1, 0.15) is 116 Å². The first kappa shape index (κ1) is 36.3. The van der Waals surface area contributed by atoms with E-state index in [2.05, 4.69) is 22.9 Å². The van der Waals surface area contributed by atoms with E-state index < -0.39 is 0 Å². The molecule has 0 heterocycles. The van der Waals surface area contributed by atoms with Crippen LogP contribution in [0.5, 0.6) is 0 Å². The zero-order valence-corrected chi connectivity index (χ0v) is 24.2. The molecule has 0 atom stereocenters. The first-order chi connectivity index (χ1) is 18.5. The number of nitrogens with one attached hydrogen (secondary N) is 3. The van der Waals surface area contributed by atoms with Crippen LogP contribution in [0.2, 0.25) is 0 Å². The molecule has 0 aliphatic heterocycles. The molecule has 0 aliphatic carbocycles. The van der Waals surface area contributed by atoms with Crippen LogP contribution in [0, 0.1) is 0 Å². The first-order valence-corrected chi connectivity index (χ1v) is 15.3. The van der Waals surface area contributed by atoms with Gasteiger partial charge in [-0.2, -0.15) is 0 Å². The highest BCUT2D eigenvalue weighted by Crippen LogP contribution is 2.13. The SMILES string of the molecule is CCCCCCCCCCCCCCCCC(=O)NCCN(CCC(=O)NCCO)CCC(=O)NCCO. The van der Waals surface area contributed by atoms with Crippen molar-refractivity contribution in [3.8, 4) is 0 Å². The molecule has 3 amide bonds. The Morgan fingerprint density at radius 3 is 1.29 bits per heavy atom. The van der Waals surface area contributed by atoms with E-state index in [0.717, 1.165) is 12.8 Å². The van der Waals surface area contributed by atoms with Crippen molar-refractivity contribution in [2.24, 2.45) is 0 Å². The summed E-state index contributed by atoms with van der Waals surface area (Å²) >= 11 is 0. The average molecular weight is 543 g/mol. The minimum absolute atomic E-state index is 0.0465. The van der Waals surface area contributed by atoms with Gasteiger partial charge < -0.3 is 31.1 Å². The zero-order valence-electron chi connectivity index (χ0n) is 24.2. The Kier molecular flexibility index (Phi) is 27.0. The third-order valence-electron chi connectivity index (χ3n) is 6.69. The van der Waals surface area contributed by atoms with Crippen LogP contribution < -0.4 is 16.0 Å². The number of hydrogen-bond acceptors (Lipinski definition) is 6. The van der Waals surface area contributed by atoms with Crippen molar-refractivity contribution < 1.29 is 24.6 Å². The number of aliphatic hydroxyl groups excluding tert-OH is 2. The highest BCUT2D eigenvalue weighted by Gasteiger charge is 2.11. The van der Waals surface area contributed by atoms with E-state index in [9.17, 15) is 14.4 Å². The van der Waals surface area contributed by atoms with Gasteiger partial charge >= 0.3 is 0 Å². The molecule has 0 aromatic heterocycles. The minimum atomic E-state index is -0.157. The van der Waals surface area contributed by atoms with Crippen molar-refractivity contribution in [1.82, 2.24) is 20.9 Å². The summed E-state index contributed by atoms with van der Waals surface area (Å²) in [7, 11) is 0. The largest absolute Gasteiger partial charge is 0.395 e. The molecule has 0 saturated heterocycles. The summed E-state index contributed by atoms with van der Waals surface area (Å²) in [4.78, 5) is 37.9. The van der Waals surface area contributed by atoms with E-state index in [1.54, 1.807) is 0 Å². The molecular formula is C29H58N4O5. The van der Waals surface area contributed by atoms with Gasteiger partial charge in [0.05, 0.1) is 13.2 Å². The van der Waals surface area contributed by atoms with Crippen molar-refractivity contribution in [2.75, 3.05) is 52.5 Å². The summed E-state index contributed by atoms with van der Waals surface area (Å²) in [6.07, 6.45) is 19.1. The van der Waals surface area contributed by atoms with Gasteiger partial charge in [-0.15, -0.1) is 0 Å². The van der Waals surface area contributed by atoms with Gasteiger partial charge in [0, 0.05) is 58.5 Å². The van der Waals surface area contributed by atoms with Crippen molar-refractivity contribution in [3.05, 3.63) is 0 Å². The molecule has 0 saturated carbocycles. The fourth-order valence-electron chi connectivity index (χ4n) is 4.34. The number of amides is 3. The maximum atomic E-state index is 12.2. The van der Waals surface area contributed by atoms with E-state index >= 15 is 0 Å². The van der Waals surface area contributed by atoms with Crippen LogP contribution in [0.25, 0.3) is 0 Å². The summed E-state index contributed by atoms with van der Waals surface area (Å²) in [6.45, 7) is 4.42. The summed E-state index contributed by atoms with van der Waals surface area (Å²) in [6, 6.07) is 0. The maximum Gasteiger partial charge on any atom is 0.221 e. The molecule has 0 rings (SSSR count). The normalized spacial score (nSPS) is 11.1. The van der Waals surface area contributed by atoms with Gasteiger partial charge in [-0.3, -0.25) is 14.4 Å². The van der Waals surface area contributed by atoms with Gasteiger partial charge in [-0.1, -0.05) is 90.4 Å². The highest BCUT2D eigenvalue weighted by molar-refractivity contribution is 5.77. The summed E-state index contributed by atoms with van der Waals surface area (Å²) in [5, 5.41) is 25.9. The van der Waals surface area contributed by atoms with Crippen molar-refractivity contribution in [1.29, 1.82) is 0 Å². The zero-order chi connectivity index (χ0) is 28.1. The quantitative estimate of drug-likeness (QED) is 0.0965. The van der Waals surface area contributed by atoms with E-state index in [0.29, 0.717) is 32.6 Å². The topological polar surface area (TPSA) is 131 Å². The van der Waals surface area contributed by atoms with Gasteiger partial charge in [-0.25, -0.2) is 0 Å². The molecule has 9 nitrogen and oxygen atoms in total. The molecule has 224 valence electrons. The molecule has 0 unspecified atom stereocenters. The van der Waals surface area contributed by atoms with Crippen LogP contribution in [-0.2, 0) is 14.4 Å². The molecule has 0 aliphatic rings. The van der Waals surface area contributed by atoms with Crippen LogP contribution >= 0.6 is 0 Å². The monoisotopic (exact) mass is 542 g/mol. The Hall–Kier alpha value is -1.71. The Morgan fingerprint density at radius 1 is 0.500 bits per heavy atom. The number of unbranched alkanes of at least 4 members (excludes halogenated alkanes) is 13. The fraction of sp³-hybridized carbons (Fsp3) is 0.897. The number of aliphatic hydroxyl groups is 2.